The number of rotatable bonds is 7. The molecule has 0 aliphatic rings. The van der Waals surface area contributed by atoms with Gasteiger partial charge in [0, 0.05) is 5.69 Å². The molecule has 0 saturated heterocycles. The summed E-state index contributed by atoms with van der Waals surface area (Å²) in [5, 5.41) is 16.4. The molecule has 9 heteroatoms. The Hall–Kier alpha value is -3.62. The summed E-state index contributed by atoms with van der Waals surface area (Å²) in [6, 6.07) is 10.6. The molecular weight excluding hydrogens is 342 g/mol. The average molecular weight is 359 g/mol. The predicted molar refractivity (Wildman–Crippen MR) is 94.5 cm³/mol. The van der Waals surface area contributed by atoms with Gasteiger partial charge >= 0.3 is 5.97 Å². The van der Waals surface area contributed by atoms with E-state index < -0.39 is 16.8 Å². The standard InChI is InChI=1S/C17H17N3O6/c1-25-13-6-7-14(15(9-13)20(23)24)19-16(21)10-18-12-5-3-4-11(8-12)17(22)26-2/h3-9,18H,10H2,1-2H3,(H,19,21). The number of nitro groups is 1. The highest BCUT2D eigenvalue weighted by atomic mass is 16.6. The molecule has 0 aliphatic carbocycles. The highest BCUT2D eigenvalue weighted by Gasteiger charge is 2.17. The van der Waals surface area contributed by atoms with Gasteiger partial charge < -0.3 is 20.1 Å². The Labute approximate surface area is 149 Å². The van der Waals surface area contributed by atoms with Crippen LogP contribution in [0.25, 0.3) is 0 Å². The van der Waals surface area contributed by atoms with E-state index in [1.165, 1.54) is 38.5 Å². The number of carbonyl (C=O) groups is 2. The number of nitrogens with zero attached hydrogens (tertiary/aromatic N) is 1. The molecule has 0 aliphatic heterocycles. The summed E-state index contributed by atoms with van der Waals surface area (Å²) in [7, 11) is 2.67. The van der Waals surface area contributed by atoms with Crippen LogP contribution in [0.3, 0.4) is 0 Å². The normalized spacial score (nSPS) is 9.92. The molecule has 9 nitrogen and oxygen atoms in total. The van der Waals surface area contributed by atoms with E-state index in [-0.39, 0.29) is 17.9 Å². The van der Waals surface area contributed by atoms with Crippen LogP contribution in [0.5, 0.6) is 5.75 Å². The third-order valence-corrected chi connectivity index (χ3v) is 3.41. The van der Waals surface area contributed by atoms with E-state index in [4.69, 9.17) is 4.74 Å². The van der Waals surface area contributed by atoms with E-state index in [2.05, 4.69) is 15.4 Å². The molecule has 0 spiro atoms. The highest BCUT2D eigenvalue weighted by molar-refractivity contribution is 5.96. The molecule has 1 amide bonds. The summed E-state index contributed by atoms with van der Waals surface area (Å²) in [6.07, 6.45) is 0. The van der Waals surface area contributed by atoms with Crippen LogP contribution in [0.2, 0.25) is 0 Å². The number of carbonyl (C=O) groups excluding carboxylic acids is 2. The topological polar surface area (TPSA) is 120 Å². The minimum Gasteiger partial charge on any atom is -0.496 e. The first-order valence-corrected chi connectivity index (χ1v) is 7.49. The largest absolute Gasteiger partial charge is 0.496 e. The van der Waals surface area contributed by atoms with E-state index in [1.807, 2.05) is 0 Å². The first-order chi connectivity index (χ1) is 12.4. The average Bonchev–Trinajstić information content (AvgIpc) is 2.66. The number of anilines is 2. The maximum atomic E-state index is 12.1. The van der Waals surface area contributed by atoms with Crippen LogP contribution >= 0.6 is 0 Å². The van der Waals surface area contributed by atoms with Crippen LogP contribution < -0.4 is 15.4 Å². The van der Waals surface area contributed by atoms with Gasteiger partial charge in [-0.2, -0.15) is 0 Å². The van der Waals surface area contributed by atoms with Crippen LogP contribution in [0.15, 0.2) is 42.5 Å². The van der Waals surface area contributed by atoms with Crippen LogP contribution in [-0.2, 0) is 9.53 Å². The lowest BCUT2D eigenvalue weighted by molar-refractivity contribution is -0.384. The van der Waals surface area contributed by atoms with Crippen LogP contribution in [0.4, 0.5) is 17.1 Å². The van der Waals surface area contributed by atoms with Crippen molar-refractivity contribution in [3.63, 3.8) is 0 Å². The van der Waals surface area contributed by atoms with Gasteiger partial charge in [-0.3, -0.25) is 14.9 Å². The van der Waals surface area contributed by atoms with Crippen LogP contribution in [0, 0.1) is 10.1 Å². The molecule has 2 N–H and O–H groups in total. The van der Waals surface area contributed by atoms with Gasteiger partial charge in [0.05, 0.1) is 37.3 Å². The maximum absolute atomic E-state index is 12.1. The fraction of sp³-hybridized carbons (Fsp3) is 0.176. The summed E-state index contributed by atoms with van der Waals surface area (Å²) in [6.45, 7) is -0.145. The second kappa shape index (κ2) is 8.47. The maximum Gasteiger partial charge on any atom is 0.337 e. The van der Waals surface area contributed by atoms with Gasteiger partial charge in [-0.15, -0.1) is 0 Å². The van der Waals surface area contributed by atoms with Crippen LogP contribution in [-0.4, -0.2) is 37.6 Å². The first-order valence-electron chi connectivity index (χ1n) is 7.49. The zero-order valence-corrected chi connectivity index (χ0v) is 14.1. The molecular formula is C17H17N3O6. The number of hydrogen-bond donors (Lipinski definition) is 2. The molecule has 2 aromatic rings. The quantitative estimate of drug-likeness (QED) is 0.442. The number of benzene rings is 2. The van der Waals surface area contributed by atoms with Crippen molar-refractivity contribution >= 4 is 28.9 Å². The fourth-order valence-corrected chi connectivity index (χ4v) is 2.15. The Bertz CT molecular complexity index is 837. The molecule has 26 heavy (non-hydrogen) atoms. The van der Waals surface area contributed by atoms with E-state index in [0.29, 0.717) is 17.0 Å². The Morgan fingerprint density at radius 2 is 1.92 bits per heavy atom. The zero-order chi connectivity index (χ0) is 19.1. The molecule has 0 unspecified atom stereocenters. The fourth-order valence-electron chi connectivity index (χ4n) is 2.15. The van der Waals surface area contributed by atoms with Gasteiger partial charge in [0.15, 0.2) is 0 Å². The van der Waals surface area contributed by atoms with E-state index in [1.54, 1.807) is 18.2 Å². The van der Waals surface area contributed by atoms with Gasteiger partial charge in [-0.1, -0.05) is 6.07 Å². The summed E-state index contributed by atoms with van der Waals surface area (Å²) < 4.78 is 9.57. The summed E-state index contributed by atoms with van der Waals surface area (Å²) >= 11 is 0. The lowest BCUT2D eigenvalue weighted by atomic mass is 10.2. The number of nitro benzene ring substituents is 1. The molecule has 0 aromatic heterocycles. The van der Waals surface area contributed by atoms with Crippen molar-refractivity contribution in [2.24, 2.45) is 0 Å². The second-order valence-corrected chi connectivity index (χ2v) is 5.11. The molecule has 0 saturated carbocycles. The molecule has 0 fully saturated rings. The molecule has 0 bridgehead atoms. The number of esters is 1. The summed E-state index contributed by atoms with van der Waals surface area (Å²) in [5.41, 5.74) is 0.660. The van der Waals surface area contributed by atoms with Crippen molar-refractivity contribution in [2.75, 3.05) is 31.4 Å². The molecule has 2 rings (SSSR count). The minimum atomic E-state index is -0.606. The van der Waals surface area contributed by atoms with Crippen molar-refractivity contribution < 1.29 is 24.0 Å². The van der Waals surface area contributed by atoms with Crippen molar-refractivity contribution in [3.05, 3.63) is 58.1 Å². The van der Waals surface area contributed by atoms with E-state index in [9.17, 15) is 19.7 Å². The van der Waals surface area contributed by atoms with Crippen molar-refractivity contribution in [2.45, 2.75) is 0 Å². The summed E-state index contributed by atoms with van der Waals surface area (Å²) in [4.78, 5) is 34.1. The van der Waals surface area contributed by atoms with Crippen molar-refractivity contribution in [1.82, 2.24) is 0 Å². The summed E-state index contributed by atoms with van der Waals surface area (Å²) in [5.74, 6) is -0.666. The lowest BCUT2D eigenvalue weighted by Crippen LogP contribution is -2.22. The van der Waals surface area contributed by atoms with Gasteiger partial charge in [-0.25, -0.2) is 4.79 Å². The number of amides is 1. The van der Waals surface area contributed by atoms with E-state index in [0.717, 1.165) is 0 Å². The Morgan fingerprint density at radius 3 is 2.58 bits per heavy atom. The monoisotopic (exact) mass is 359 g/mol. The van der Waals surface area contributed by atoms with Gasteiger partial charge in [0.25, 0.3) is 5.69 Å². The number of hydrogen-bond acceptors (Lipinski definition) is 7. The number of nitrogens with one attached hydrogen (secondary N) is 2. The minimum absolute atomic E-state index is 0.0610. The second-order valence-electron chi connectivity index (χ2n) is 5.11. The number of ether oxygens (including phenoxy) is 2. The predicted octanol–water partition coefficient (Wildman–Crippen LogP) is 2.44. The third kappa shape index (κ3) is 4.69. The SMILES string of the molecule is COC(=O)c1cccc(NCC(=O)Nc2ccc(OC)cc2[N+](=O)[O-])c1. The zero-order valence-electron chi connectivity index (χ0n) is 14.1. The van der Waals surface area contributed by atoms with Crippen molar-refractivity contribution in [1.29, 1.82) is 0 Å². The van der Waals surface area contributed by atoms with Gasteiger partial charge in [-0.05, 0) is 30.3 Å². The Kier molecular flexibility index (Phi) is 6.10. The lowest BCUT2D eigenvalue weighted by Gasteiger charge is -2.10. The smallest absolute Gasteiger partial charge is 0.337 e. The molecule has 2 aromatic carbocycles. The van der Waals surface area contributed by atoms with Crippen LogP contribution in [0.1, 0.15) is 10.4 Å². The Balaban J connectivity index is 2.04. The molecule has 0 heterocycles. The first kappa shape index (κ1) is 18.7. The van der Waals surface area contributed by atoms with Gasteiger partial charge in [0.1, 0.15) is 11.4 Å². The van der Waals surface area contributed by atoms with E-state index >= 15 is 0 Å². The molecule has 136 valence electrons. The Morgan fingerprint density at radius 1 is 1.15 bits per heavy atom. The van der Waals surface area contributed by atoms with Gasteiger partial charge in [0.2, 0.25) is 5.91 Å². The highest BCUT2D eigenvalue weighted by Crippen LogP contribution is 2.28. The molecule has 0 atom stereocenters. The van der Waals surface area contributed by atoms with Crippen molar-refractivity contribution in [3.8, 4) is 5.75 Å². The molecule has 0 radical (unpaired) electrons. The third-order valence-electron chi connectivity index (χ3n) is 3.41. The number of methoxy groups -OCH3 is 2.